The molecule has 1 heterocycles. The normalized spacial score (nSPS) is 23.3. The lowest BCUT2D eigenvalue weighted by atomic mass is 10.1. The predicted molar refractivity (Wildman–Crippen MR) is 83.0 cm³/mol. The van der Waals surface area contributed by atoms with Crippen LogP contribution in [0.2, 0.25) is 0 Å². The van der Waals surface area contributed by atoms with Gasteiger partial charge in [-0.15, -0.1) is 12.4 Å². The van der Waals surface area contributed by atoms with Gasteiger partial charge >= 0.3 is 0 Å². The zero-order chi connectivity index (χ0) is 12.4. The summed E-state index contributed by atoms with van der Waals surface area (Å²) in [6.07, 6.45) is 4.15. The van der Waals surface area contributed by atoms with Crippen molar-refractivity contribution in [1.29, 1.82) is 0 Å². The summed E-state index contributed by atoms with van der Waals surface area (Å²) in [5.41, 5.74) is 3.03. The van der Waals surface area contributed by atoms with Crippen molar-refractivity contribution in [2.75, 3.05) is 26.7 Å². The first-order valence-electron chi connectivity index (χ1n) is 7.31. The number of nitrogens with zero attached hydrogens (tertiary/aromatic N) is 1. The van der Waals surface area contributed by atoms with E-state index in [1.807, 2.05) is 0 Å². The van der Waals surface area contributed by atoms with Crippen LogP contribution in [0, 0.1) is 5.92 Å². The van der Waals surface area contributed by atoms with Crippen molar-refractivity contribution in [3.05, 3.63) is 35.4 Å². The molecule has 2 nitrogen and oxygen atoms in total. The summed E-state index contributed by atoms with van der Waals surface area (Å²) in [4.78, 5) is 2.59. The Morgan fingerprint density at radius 1 is 1.16 bits per heavy atom. The molecule has 2 fully saturated rings. The van der Waals surface area contributed by atoms with Gasteiger partial charge < -0.3 is 5.32 Å². The van der Waals surface area contributed by atoms with Crippen molar-refractivity contribution >= 4 is 12.4 Å². The lowest BCUT2D eigenvalue weighted by Gasteiger charge is -2.16. The molecule has 0 aromatic heterocycles. The van der Waals surface area contributed by atoms with E-state index >= 15 is 0 Å². The first-order valence-corrected chi connectivity index (χ1v) is 7.31. The monoisotopic (exact) mass is 280 g/mol. The van der Waals surface area contributed by atoms with Crippen LogP contribution in [0.25, 0.3) is 0 Å². The lowest BCUT2D eigenvalue weighted by Crippen LogP contribution is -2.24. The van der Waals surface area contributed by atoms with Gasteiger partial charge in [-0.3, -0.25) is 4.90 Å². The van der Waals surface area contributed by atoms with E-state index < -0.39 is 0 Å². The first kappa shape index (κ1) is 14.8. The molecular weight excluding hydrogens is 256 g/mol. The molecule has 2 aliphatic rings. The molecule has 0 spiro atoms. The average Bonchev–Trinajstić information content (AvgIpc) is 3.14. The topological polar surface area (TPSA) is 15.3 Å². The summed E-state index contributed by atoms with van der Waals surface area (Å²) in [5.74, 6) is 1.73. The summed E-state index contributed by atoms with van der Waals surface area (Å²) in [6.45, 7) is 4.81. The van der Waals surface area contributed by atoms with Crippen LogP contribution in [0.5, 0.6) is 0 Å². The Morgan fingerprint density at radius 3 is 2.53 bits per heavy atom. The molecule has 1 N–H and O–H groups in total. The number of likely N-dealkylation sites (tertiary alicyclic amines) is 1. The van der Waals surface area contributed by atoms with Crippen LogP contribution >= 0.6 is 12.4 Å². The van der Waals surface area contributed by atoms with E-state index in [1.54, 1.807) is 5.56 Å². The van der Waals surface area contributed by atoms with Crippen molar-refractivity contribution in [2.24, 2.45) is 5.92 Å². The van der Waals surface area contributed by atoms with Crippen molar-refractivity contribution in [1.82, 2.24) is 10.2 Å². The third kappa shape index (κ3) is 3.95. The average molecular weight is 281 g/mol. The number of rotatable bonds is 5. The van der Waals surface area contributed by atoms with E-state index in [-0.39, 0.29) is 12.4 Å². The number of hydrogen-bond acceptors (Lipinski definition) is 2. The molecule has 0 amide bonds. The Morgan fingerprint density at radius 2 is 1.89 bits per heavy atom. The Hall–Kier alpha value is -0.570. The summed E-state index contributed by atoms with van der Waals surface area (Å²) in [7, 11) is 2.05. The van der Waals surface area contributed by atoms with Gasteiger partial charge in [0.05, 0.1) is 0 Å². The number of nitrogens with one attached hydrogen (secondary N) is 1. The van der Waals surface area contributed by atoms with Gasteiger partial charge in [-0.1, -0.05) is 24.3 Å². The van der Waals surface area contributed by atoms with Crippen LogP contribution in [0.15, 0.2) is 24.3 Å². The molecular formula is C16H25ClN2. The molecule has 1 saturated heterocycles. The minimum Gasteiger partial charge on any atom is -0.319 e. The van der Waals surface area contributed by atoms with E-state index in [4.69, 9.17) is 0 Å². The van der Waals surface area contributed by atoms with Gasteiger partial charge in [0.2, 0.25) is 0 Å². The van der Waals surface area contributed by atoms with E-state index in [2.05, 4.69) is 41.5 Å². The quantitative estimate of drug-likeness (QED) is 0.892. The van der Waals surface area contributed by atoms with Crippen molar-refractivity contribution < 1.29 is 0 Å². The van der Waals surface area contributed by atoms with Crippen LogP contribution in [-0.2, 0) is 6.54 Å². The molecule has 3 heteroatoms. The maximum absolute atomic E-state index is 3.29. The van der Waals surface area contributed by atoms with Crippen LogP contribution < -0.4 is 5.32 Å². The number of halogens is 1. The molecule has 0 radical (unpaired) electrons. The third-order valence-corrected chi connectivity index (χ3v) is 4.30. The molecule has 0 bridgehead atoms. The van der Waals surface area contributed by atoms with Gasteiger partial charge in [0.15, 0.2) is 0 Å². The van der Waals surface area contributed by atoms with Gasteiger partial charge in [-0.25, -0.2) is 0 Å². The predicted octanol–water partition coefficient (Wildman–Crippen LogP) is 3.03. The summed E-state index contributed by atoms with van der Waals surface area (Å²) >= 11 is 0. The fraction of sp³-hybridized carbons (Fsp3) is 0.625. The van der Waals surface area contributed by atoms with Crippen LogP contribution in [0.3, 0.4) is 0 Å². The smallest absolute Gasteiger partial charge is 0.0233 e. The highest BCUT2D eigenvalue weighted by molar-refractivity contribution is 5.85. The maximum atomic E-state index is 3.29. The third-order valence-electron chi connectivity index (χ3n) is 4.30. The van der Waals surface area contributed by atoms with E-state index in [1.165, 1.54) is 37.9 Å². The number of hydrogen-bond donors (Lipinski definition) is 1. The second-order valence-electron chi connectivity index (χ2n) is 5.96. The second-order valence-corrected chi connectivity index (χ2v) is 5.96. The molecule has 1 aromatic rings. The molecule has 1 atom stereocenters. The molecule has 1 aliphatic carbocycles. The van der Waals surface area contributed by atoms with Gasteiger partial charge in [-0.2, -0.15) is 0 Å². The standard InChI is InChI=1S/C16H24N2.ClH/c1-17-10-14-8-9-18(12-14)11-13-2-4-15(5-3-13)16-6-7-16;/h2-5,14,16-17H,6-12H2,1H3;1H. The highest BCUT2D eigenvalue weighted by Crippen LogP contribution is 2.39. The molecule has 1 saturated carbocycles. The maximum Gasteiger partial charge on any atom is 0.0233 e. The Balaban J connectivity index is 0.00000133. The number of benzene rings is 1. The first-order chi connectivity index (χ1) is 8.85. The molecule has 1 aliphatic heterocycles. The SMILES string of the molecule is CNCC1CCN(Cc2ccc(C3CC3)cc2)C1.Cl. The molecule has 19 heavy (non-hydrogen) atoms. The van der Waals surface area contributed by atoms with Crippen molar-refractivity contribution in [2.45, 2.75) is 31.7 Å². The minimum absolute atomic E-state index is 0. The second kappa shape index (κ2) is 6.74. The molecule has 1 unspecified atom stereocenters. The molecule has 106 valence electrons. The molecule has 3 rings (SSSR count). The van der Waals surface area contributed by atoms with Crippen molar-refractivity contribution in [3.63, 3.8) is 0 Å². The lowest BCUT2D eigenvalue weighted by molar-refractivity contribution is 0.315. The van der Waals surface area contributed by atoms with Gasteiger partial charge in [-0.05, 0) is 62.4 Å². The van der Waals surface area contributed by atoms with Gasteiger partial charge in [0.25, 0.3) is 0 Å². The summed E-state index contributed by atoms with van der Waals surface area (Å²) in [6, 6.07) is 9.35. The Bertz CT molecular complexity index is 386. The fourth-order valence-corrected chi connectivity index (χ4v) is 3.08. The Kier molecular flexibility index (Phi) is 5.26. The highest BCUT2D eigenvalue weighted by atomic mass is 35.5. The van der Waals surface area contributed by atoms with E-state index in [0.717, 1.165) is 24.9 Å². The molecule has 1 aromatic carbocycles. The van der Waals surface area contributed by atoms with E-state index in [0.29, 0.717) is 0 Å². The van der Waals surface area contributed by atoms with E-state index in [9.17, 15) is 0 Å². The largest absolute Gasteiger partial charge is 0.319 e. The highest BCUT2D eigenvalue weighted by Gasteiger charge is 2.24. The van der Waals surface area contributed by atoms with Crippen LogP contribution in [0.1, 0.15) is 36.3 Å². The van der Waals surface area contributed by atoms with Crippen LogP contribution in [0.4, 0.5) is 0 Å². The van der Waals surface area contributed by atoms with Gasteiger partial charge in [0.1, 0.15) is 0 Å². The Labute approximate surface area is 123 Å². The van der Waals surface area contributed by atoms with Crippen LogP contribution in [-0.4, -0.2) is 31.6 Å². The summed E-state index contributed by atoms with van der Waals surface area (Å²) < 4.78 is 0. The van der Waals surface area contributed by atoms with Gasteiger partial charge in [0, 0.05) is 13.1 Å². The summed E-state index contributed by atoms with van der Waals surface area (Å²) in [5, 5.41) is 3.29. The minimum atomic E-state index is 0. The zero-order valence-corrected chi connectivity index (χ0v) is 12.6. The zero-order valence-electron chi connectivity index (χ0n) is 11.8. The van der Waals surface area contributed by atoms with Crippen molar-refractivity contribution in [3.8, 4) is 0 Å². The fourth-order valence-electron chi connectivity index (χ4n) is 3.08.